The molecule has 3 rings (SSSR count). The van der Waals surface area contributed by atoms with Crippen LogP contribution in [-0.2, 0) is 11.3 Å². The summed E-state index contributed by atoms with van der Waals surface area (Å²) in [5.74, 6) is -0.227. The Morgan fingerprint density at radius 1 is 0.688 bits per heavy atom. The lowest BCUT2D eigenvalue weighted by molar-refractivity contribution is -0.116. The van der Waals surface area contributed by atoms with Crippen LogP contribution in [0.3, 0.4) is 0 Å². The normalized spacial score (nSPS) is 10.2. The summed E-state index contributed by atoms with van der Waals surface area (Å²) in [5, 5.41) is 11.2. The fourth-order valence-corrected chi connectivity index (χ4v) is 2.96. The largest absolute Gasteiger partial charge is 0.348 e. The molecule has 4 amide bonds. The van der Waals surface area contributed by atoms with Crippen LogP contribution in [0.5, 0.6) is 0 Å². The van der Waals surface area contributed by atoms with Gasteiger partial charge in [0, 0.05) is 35.6 Å². The zero-order valence-corrected chi connectivity index (χ0v) is 17.9. The maximum absolute atomic E-state index is 12.4. The van der Waals surface area contributed by atoms with Crippen LogP contribution in [0, 0.1) is 0 Å². The molecule has 0 heterocycles. The number of nitrogens with one attached hydrogen (secondary N) is 4. The third kappa shape index (κ3) is 6.98. The molecule has 0 unspecified atom stereocenters. The van der Waals surface area contributed by atoms with Crippen molar-refractivity contribution in [2.75, 3.05) is 16.0 Å². The minimum absolute atomic E-state index is 0.0102. The molecule has 0 saturated carbocycles. The molecule has 0 aliphatic rings. The highest BCUT2D eigenvalue weighted by molar-refractivity contribution is 6.00. The second-order valence-electron chi connectivity index (χ2n) is 7.20. The van der Waals surface area contributed by atoms with Crippen molar-refractivity contribution >= 4 is 34.9 Å². The van der Waals surface area contributed by atoms with Gasteiger partial charge in [0.15, 0.2) is 0 Å². The standard InChI is InChI=1S/C25H26N4O3/c1-2-6-23(30)27-21-13-9-18(10-14-21)17-26-24(31)19-11-15-22(16-12-19)29-25(32)28-20-7-4-3-5-8-20/h3-5,7-16H,2,6,17H2,1H3,(H,26,31)(H,27,30)(H2,28,29,32). The van der Waals surface area contributed by atoms with Crippen LogP contribution in [0.1, 0.15) is 35.7 Å². The van der Waals surface area contributed by atoms with E-state index in [-0.39, 0.29) is 17.8 Å². The van der Waals surface area contributed by atoms with Crippen molar-refractivity contribution in [2.24, 2.45) is 0 Å². The van der Waals surface area contributed by atoms with E-state index in [9.17, 15) is 14.4 Å². The number of carbonyl (C=O) groups excluding carboxylic acids is 3. The first-order valence-electron chi connectivity index (χ1n) is 10.4. The molecule has 0 saturated heterocycles. The lowest BCUT2D eigenvalue weighted by Gasteiger charge is -2.09. The van der Waals surface area contributed by atoms with Gasteiger partial charge in [0.05, 0.1) is 0 Å². The summed E-state index contributed by atoms with van der Waals surface area (Å²) in [5.41, 5.74) is 3.41. The summed E-state index contributed by atoms with van der Waals surface area (Å²) >= 11 is 0. The quantitative estimate of drug-likeness (QED) is 0.405. The Morgan fingerprint density at radius 3 is 1.88 bits per heavy atom. The Kier molecular flexibility index (Phi) is 7.97. The van der Waals surface area contributed by atoms with Crippen LogP contribution in [0.4, 0.5) is 21.9 Å². The second kappa shape index (κ2) is 11.3. The van der Waals surface area contributed by atoms with E-state index in [1.165, 1.54) is 0 Å². The highest BCUT2D eigenvalue weighted by atomic mass is 16.2. The predicted molar refractivity (Wildman–Crippen MR) is 127 cm³/mol. The van der Waals surface area contributed by atoms with Gasteiger partial charge in [-0.05, 0) is 60.5 Å². The van der Waals surface area contributed by atoms with Crippen LogP contribution in [0.15, 0.2) is 78.9 Å². The highest BCUT2D eigenvalue weighted by Gasteiger charge is 2.07. The molecular formula is C25H26N4O3. The van der Waals surface area contributed by atoms with Crippen LogP contribution >= 0.6 is 0 Å². The van der Waals surface area contributed by atoms with Crippen molar-refractivity contribution in [1.29, 1.82) is 0 Å². The van der Waals surface area contributed by atoms with E-state index in [0.29, 0.717) is 29.9 Å². The molecular weight excluding hydrogens is 404 g/mol. The van der Waals surface area contributed by atoms with Crippen molar-refractivity contribution in [1.82, 2.24) is 5.32 Å². The third-order valence-electron chi connectivity index (χ3n) is 4.60. The van der Waals surface area contributed by atoms with Crippen molar-refractivity contribution in [3.63, 3.8) is 0 Å². The van der Waals surface area contributed by atoms with Gasteiger partial charge in [0.1, 0.15) is 0 Å². The minimum atomic E-state index is -0.359. The van der Waals surface area contributed by atoms with E-state index < -0.39 is 0 Å². The van der Waals surface area contributed by atoms with E-state index in [2.05, 4.69) is 21.3 Å². The fraction of sp³-hybridized carbons (Fsp3) is 0.160. The molecule has 164 valence electrons. The number of anilines is 3. The molecule has 0 aromatic heterocycles. The first kappa shape index (κ1) is 22.6. The van der Waals surface area contributed by atoms with Crippen LogP contribution in [0.2, 0.25) is 0 Å². The molecule has 4 N–H and O–H groups in total. The predicted octanol–water partition coefficient (Wildman–Crippen LogP) is 5.00. The molecule has 0 atom stereocenters. The lowest BCUT2D eigenvalue weighted by Crippen LogP contribution is -2.23. The zero-order chi connectivity index (χ0) is 22.8. The molecule has 0 spiro atoms. The van der Waals surface area contributed by atoms with Gasteiger partial charge in [-0.2, -0.15) is 0 Å². The first-order chi connectivity index (χ1) is 15.5. The zero-order valence-electron chi connectivity index (χ0n) is 17.9. The molecule has 3 aromatic rings. The fourth-order valence-electron chi connectivity index (χ4n) is 2.96. The smallest absolute Gasteiger partial charge is 0.323 e. The summed E-state index contributed by atoms with van der Waals surface area (Å²) < 4.78 is 0. The molecule has 0 aliphatic carbocycles. The van der Waals surface area contributed by atoms with Gasteiger partial charge in [0.2, 0.25) is 5.91 Å². The average Bonchev–Trinajstić information content (AvgIpc) is 2.79. The van der Waals surface area contributed by atoms with Crippen molar-refractivity contribution in [2.45, 2.75) is 26.3 Å². The average molecular weight is 431 g/mol. The van der Waals surface area contributed by atoms with Crippen molar-refractivity contribution < 1.29 is 14.4 Å². The van der Waals surface area contributed by atoms with E-state index in [1.807, 2.05) is 49.4 Å². The summed E-state index contributed by atoms with van der Waals surface area (Å²) in [6, 6.07) is 22.8. The van der Waals surface area contributed by atoms with Gasteiger partial charge < -0.3 is 21.3 Å². The lowest BCUT2D eigenvalue weighted by atomic mass is 10.1. The number of rotatable bonds is 8. The van der Waals surface area contributed by atoms with Gasteiger partial charge in [-0.3, -0.25) is 9.59 Å². The van der Waals surface area contributed by atoms with E-state index in [0.717, 1.165) is 17.7 Å². The van der Waals surface area contributed by atoms with E-state index in [4.69, 9.17) is 0 Å². The Bertz CT molecular complexity index is 1050. The molecule has 7 nitrogen and oxygen atoms in total. The van der Waals surface area contributed by atoms with Gasteiger partial charge in [-0.15, -0.1) is 0 Å². The number of para-hydroxylation sites is 1. The maximum atomic E-state index is 12.4. The number of benzene rings is 3. The van der Waals surface area contributed by atoms with Gasteiger partial charge in [-0.25, -0.2) is 4.79 Å². The van der Waals surface area contributed by atoms with Gasteiger partial charge in [0.25, 0.3) is 5.91 Å². The van der Waals surface area contributed by atoms with Crippen molar-refractivity contribution in [3.8, 4) is 0 Å². The molecule has 0 aliphatic heterocycles. The molecule has 0 fully saturated rings. The van der Waals surface area contributed by atoms with Crippen LogP contribution in [-0.4, -0.2) is 17.8 Å². The second-order valence-corrected chi connectivity index (χ2v) is 7.20. The Labute approximate surface area is 187 Å². The number of amides is 4. The maximum Gasteiger partial charge on any atom is 0.323 e. The summed E-state index contributed by atoms with van der Waals surface area (Å²) in [6.45, 7) is 2.32. The number of hydrogen-bond acceptors (Lipinski definition) is 3. The van der Waals surface area contributed by atoms with Gasteiger partial charge in [-0.1, -0.05) is 37.3 Å². The highest BCUT2D eigenvalue weighted by Crippen LogP contribution is 2.13. The summed E-state index contributed by atoms with van der Waals surface area (Å²) in [7, 11) is 0. The monoisotopic (exact) mass is 430 g/mol. The molecule has 3 aromatic carbocycles. The Hall–Kier alpha value is -4.13. The van der Waals surface area contributed by atoms with Crippen LogP contribution < -0.4 is 21.3 Å². The minimum Gasteiger partial charge on any atom is -0.348 e. The van der Waals surface area contributed by atoms with E-state index in [1.54, 1.807) is 36.4 Å². The van der Waals surface area contributed by atoms with Crippen LogP contribution in [0.25, 0.3) is 0 Å². The molecule has 0 radical (unpaired) electrons. The Morgan fingerprint density at radius 2 is 1.25 bits per heavy atom. The van der Waals surface area contributed by atoms with Gasteiger partial charge >= 0.3 is 6.03 Å². The number of carbonyl (C=O) groups is 3. The topological polar surface area (TPSA) is 99.3 Å². The number of urea groups is 1. The first-order valence-corrected chi connectivity index (χ1v) is 10.4. The SMILES string of the molecule is CCCC(=O)Nc1ccc(CNC(=O)c2ccc(NC(=O)Nc3ccccc3)cc2)cc1. The van der Waals surface area contributed by atoms with Crippen molar-refractivity contribution in [3.05, 3.63) is 90.0 Å². The molecule has 0 bridgehead atoms. The summed E-state index contributed by atoms with van der Waals surface area (Å²) in [6.07, 6.45) is 1.29. The number of hydrogen-bond donors (Lipinski definition) is 4. The third-order valence-corrected chi connectivity index (χ3v) is 4.60. The molecule has 32 heavy (non-hydrogen) atoms. The molecule has 7 heteroatoms. The van der Waals surface area contributed by atoms with E-state index >= 15 is 0 Å². The Balaban J connectivity index is 1.47. The summed E-state index contributed by atoms with van der Waals surface area (Å²) in [4.78, 5) is 36.1.